The van der Waals surface area contributed by atoms with Gasteiger partial charge in [-0.25, -0.2) is 0 Å². The first kappa shape index (κ1) is 17.9. The average Bonchev–Trinajstić information content (AvgIpc) is 3.31. The van der Waals surface area contributed by atoms with Crippen LogP contribution in [-0.4, -0.2) is 20.1 Å². The lowest BCUT2D eigenvalue weighted by atomic mass is 9.86. The van der Waals surface area contributed by atoms with Crippen molar-refractivity contribution in [3.8, 4) is 22.6 Å². The maximum absolute atomic E-state index is 12.6. The molecule has 1 N–H and O–H groups in total. The molecular weight excluding hydrogens is 338 g/mol. The highest BCUT2D eigenvalue weighted by molar-refractivity contribution is 5.92. The maximum atomic E-state index is 12.6. The van der Waals surface area contributed by atoms with Crippen molar-refractivity contribution in [2.45, 2.75) is 32.1 Å². The second-order valence-electron chi connectivity index (χ2n) is 7.83. The van der Waals surface area contributed by atoms with Gasteiger partial charge >= 0.3 is 0 Å². The summed E-state index contributed by atoms with van der Waals surface area (Å²) in [4.78, 5) is 12.6. The van der Waals surface area contributed by atoms with E-state index < -0.39 is 0 Å². The average molecular weight is 365 g/mol. The number of anilines is 1. The summed E-state index contributed by atoms with van der Waals surface area (Å²) in [5, 5.41) is 3.09. The SMILES string of the molecule is COc1ccc(-c2cc(NC(=O)C[C@H]3C[C@H]4CC[C@@H]3C4)ccc2OC)cc1. The lowest BCUT2D eigenvalue weighted by molar-refractivity contribution is -0.117. The predicted molar refractivity (Wildman–Crippen MR) is 107 cm³/mol. The van der Waals surface area contributed by atoms with Crippen LogP contribution in [0.3, 0.4) is 0 Å². The summed E-state index contributed by atoms with van der Waals surface area (Å²) in [6, 6.07) is 13.6. The van der Waals surface area contributed by atoms with Crippen molar-refractivity contribution in [1.29, 1.82) is 0 Å². The van der Waals surface area contributed by atoms with Gasteiger partial charge in [0.05, 0.1) is 14.2 Å². The molecule has 0 radical (unpaired) electrons. The molecule has 3 atom stereocenters. The fourth-order valence-electron chi connectivity index (χ4n) is 4.86. The largest absolute Gasteiger partial charge is 0.497 e. The number of carbonyl (C=O) groups is 1. The number of hydrogen-bond acceptors (Lipinski definition) is 3. The van der Waals surface area contributed by atoms with Crippen LogP contribution >= 0.6 is 0 Å². The second-order valence-corrected chi connectivity index (χ2v) is 7.83. The van der Waals surface area contributed by atoms with Gasteiger partial charge in [0, 0.05) is 17.7 Å². The molecule has 0 heterocycles. The molecule has 2 aromatic rings. The molecule has 27 heavy (non-hydrogen) atoms. The molecule has 0 spiro atoms. The Hall–Kier alpha value is -2.49. The van der Waals surface area contributed by atoms with Crippen LogP contribution in [-0.2, 0) is 4.79 Å². The van der Waals surface area contributed by atoms with Crippen LogP contribution in [0.2, 0.25) is 0 Å². The van der Waals surface area contributed by atoms with Crippen LogP contribution in [0.5, 0.6) is 11.5 Å². The number of benzene rings is 2. The van der Waals surface area contributed by atoms with E-state index in [9.17, 15) is 4.79 Å². The van der Waals surface area contributed by atoms with E-state index in [0.29, 0.717) is 12.3 Å². The highest BCUT2D eigenvalue weighted by atomic mass is 16.5. The number of ether oxygens (including phenoxy) is 2. The lowest BCUT2D eigenvalue weighted by Crippen LogP contribution is -2.20. The van der Waals surface area contributed by atoms with E-state index in [2.05, 4.69) is 5.32 Å². The minimum absolute atomic E-state index is 0.124. The van der Waals surface area contributed by atoms with E-state index in [1.165, 1.54) is 25.7 Å². The number of fused-ring (bicyclic) bond motifs is 2. The van der Waals surface area contributed by atoms with Crippen LogP contribution in [0.25, 0.3) is 11.1 Å². The van der Waals surface area contributed by atoms with Crippen LogP contribution < -0.4 is 14.8 Å². The minimum atomic E-state index is 0.124. The summed E-state index contributed by atoms with van der Waals surface area (Å²) >= 11 is 0. The van der Waals surface area contributed by atoms with Gasteiger partial charge in [-0.2, -0.15) is 0 Å². The van der Waals surface area contributed by atoms with Crippen LogP contribution in [0, 0.1) is 17.8 Å². The summed E-state index contributed by atoms with van der Waals surface area (Å²) < 4.78 is 10.7. The maximum Gasteiger partial charge on any atom is 0.224 e. The normalized spacial score (nSPS) is 23.3. The van der Waals surface area contributed by atoms with Gasteiger partial charge in [0.25, 0.3) is 0 Å². The third-order valence-electron chi connectivity index (χ3n) is 6.22. The fourth-order valence-corrected chi connectivity index (χ4v) is 4.86. The van der Waals surface area contributed by atoms with Crippen molar-refractivity contribution < 1.29 is 14.3 Å². The molecule has 2 saturated carbocycles. The van der Waals surface area contributed by atoms with E-state index in [4.69, 9.17) is 9.47 Å². The lowest BCUT2D eigenvalue weighted by Gasteiger charge is -2.21. The molecular formula is C23H27NO3. The van der Waals surface area contributed by atoms with E-state index >= 15 is 0 Å². The zero-order valence-corrected chi connectivity index (χ0v) is 16.0. The van der Waals surface area contributed by atoms with Crippen molar-refractivity contribution in [2.24, 2.45) is 17.8 Å². The van der Waals surface area contributed by atoms with Gasteiger partial charge < -0.3 is 14.8 Å². The molecule has 0 unspecified atom stereocenters. The molecule has 0 aliphatic heterocycles. The van der Waals surface area contributed by atoms with Gasteiger partial charge in [0.2, 0.25) is 5.91 Å². The molecule has 0 aromatic heterocycles. The minimum Gasteiger partial charge on any atom is -0.497 e. The quantitative estimate of drug-likeness (QED) is 0.771. The monoisotopic (exact) mass is 365 g/mol. The molecule has 2 aliphatic rings. The van der Waals surface area contributed by atoms with Gasteiger partial charge in [-0.05, 0) is 72.9 Å². The standard InChI is InChI=1S/C23H27NO3/c1-26-20-8-5-16(6-9-20)21-14-19(7-10-22(21)27-2)24-23(25)13-18-12-15-3-4-17(18)11-15/h5-10,14-15,17-18H,3-4,11-13H2,1-2H3,(H,24,25)/t15-,17+,18+/m0/s1. The molecule has 2 aliphatic carbocycles. The Morgan fingerprint density at radius 3 is 2.48 bits per heavy atom. The van der Waals surface area contributed by atoms with E-state index in [1.807, 2.05) is 42.5 Å². The first-order valence-electron chi connectivity index (χ1n) is 9.78. The van der Waals surface area contributed by atoms with Crippen LogP contribution in [0.1, 0.15) is 32.1 Å². The zero-order chi connectivity index (χ0) is 18.8. The molecule has 4 rings (SSSR count). The molecule has 0 saturated heterocycles. The number of rotatable bonds is 6. The first-order chi connectivity index (χ1) is 13.2. The Balaban J connectivity index is 1.48. The van der Waals surface area contributed by atoms with Gasteiger partial charge in [-0.1, -0.05) is 18.6 Å². The van der Waals surface area contributed by atoms with Crippen molar-refractivity contribution >= 4 is 11.6 Å². The highest BCUT2D eigenvalue weighted by Gasteiger charge is 2.40. The van der Waals surface area contributed by atoms with Gasteiger partial charge in [0.15, 0.2) is 0 Å². The first-order valence-corrected chi connectivity index (χ1v) is 9.78. The molecule has 4 heteroatoms. The molecule has 2 aromatic carbocycles. The number of nitrogens with one attached hydrogen (secondary N) is 1. The summed E-state index contributed by atoms with van der Waals surface area (Å²) in [5.41, 5.74) is 2.80. The molecule has 2 fully saturated rings. The smallest absolute Gasteiger partial charge is 0.224 e. The molecule has 2 bridgehead atoms. The van der Waals surface area contributed by atoms with Crippen molar-refractivity contribution in [3.05, 3.63) is 42.5 Å². The topological polar surface area (TPSA) is 47.6 Å². The number of amides is 1. The molecule has 1 amide bonds. The summed E-state index contributed by atoms with van der Waals surface area (Å²) in [6.45, 7) is 0. The van der Waals surface area contributed by atoms with Crippen molar-refractivity contribution in [2.75, 3.05) is 19.5 Å². The number of hydrogen-bond donors (Lipinski definition) is 1. The Morgan fingerprint density at radius 2 is 1.85 bits per heavy atom. The third kappa shape index (κ3) is 3.80. The summed E-state index contributed by atoms with van der Waals surface area (Å²) in [5.74, 6) is 3.93. The van der Waals surface area contributed by atoms with E-state index in [1.54, 1.807) is 14.2 Å². The highest BCUT2D eigenvalue weighted by Crippen LogP contribution is 2.49. The molecule has 142 valence electrons. The van der Waals surface area contributed by atoms with Crippen LogP contribution in [0.15, 0.2) is 42.5 Å². The second kappa shape index (κ2) is 7.63. The van der Waals surface area contributed by atoms with Crippen molar-refractivity contribution in [1.82, 2.24) is 0 Å². The van der Waals surface area contributed by atoms with E-state index in [-0.39, 0.29) is 5.91 Å². The van der Waals surface area contributed by atoms with Crippen LogP contribution in [0.4, 0.5) is 5.69 Å². The Labute approximate surface area is 160 Å². The Bertz CT molecular complexity index is 815. The van der Waals surface area contributed by atoms with Gasteiger partial charge in [-0.3, -0.25) is 4.79 Å². The van der Waals surface area contributed by atoms with Gasteiger partial charge in [0.1, 0.15) is 11.5 Å². The summed E-state index contributed by atoms with van der Waals surface area (Å²) in [6.07, 6.45) is 5.89. The Kier molecular flexibility index (Phi) is 5.06. The predicted octanol–water partition coefficient (Wildman–Crippen LogP) is 5.14. The number of carbonyl (C=O) groups excluding carboxylic acids is 1. The van der Waals surface area contributed by atoms with Crippen molar-refractivity contribution in [3.63, 3.8) is 0 Å². The van der Waals surface area contributed by atoms with E-state index in [0.717, 1.165) is 40.1 Å². The zero-order valence-electron chi connectivity index (χ0n) is 16.0. The number of methoxy groups -OCH3 is 2. The summed E-state index contributed by atoms with van der Waals surface area (Å²) in [7, 11) is 3.32. The van der Waals surface area contributed by atoms with Gasteiger partial charge in [-0.15, -0.1) is 0 Å². The third-order valence-corrected chi connectivity index (χ3v) is 6.22. The fraction of sp³-hybridized carbons (Fsp3) is 0.435. The Morgan fingerprint density at radius 1 is 1.04 bits per heavy atom. The molecule has 4 nitrogen and oxygen atoms in total.